The van der Waals surface area contributed by atoms with E-state index >= 15 is 0 Å². The lowest BCUT2D eigenvalue weighted by Crippen LogP contribution is -2.21. The molecule has 1 amide bonds. The number of hydrogen-bond acceptors (Lipinski definition) is 3. The molecule has 1 rings (SSSR count). The zero-order chi connectivity index (χ0) is 15.3. The molecule has 0 saturated heterocycles. The lowest BCUT2D eigenvalue weighted by atomic mass is 10.3. The molecule has 20 heavy (non-hydrogen) atoms. The number of nitrogens with one attached hydrogen (secondary N) is 1. The minimum atomic E-state index is -0.872. The van der Waals surface area contributed by atoms with Crippen molar-refractivity contribution in [2.24, 2.45) is 0 Å². The lowest BCUT2D eigenvalue weighted by molar-refractivity contribution is -0.136. The molecule has 1 atom stereocenters. The van der Waals surface area contributed by atoms with Gasteiger partial charge in [-0.3, -0.25) is 9.59 Å². The Hall–Kier alpha value is 0.700. The molecule has 0 spiro atoms. The van der Waals surface area contributed by atoms with Crippen LogP contribution in [0.3, 0.4) is 0 Å². The van der Waals surface area contributed by atoms with E-state index in [0.29, 0.717) is 6.42 Å². The molecule has 0 saturated carbocycles. The highest BCUT2D eigenvalue weighted by molar-refractivity contribution is 14.1. The number of hydrogen-bond donors (Lipinski definition) is 2. The van der Waals surface area contributed by atoms with Crippen LogP contribution in [0.2, 0.25) is 0 Å². The Bertz CT molecular complexity index is 502. The van der Waals surface area contributed by atoms with Crippen molar-refractivity contribution in [3.8, 4) is 0 Å². The molecule has 0 aromatic heterocycles. The van der Waals surface area contributed by atoms with Crippen LogP contribution in [0.1, 0.15) is 13.3 Å². The second-order valence-electron chi connectivity index (χ2n) is 3.84. The summed E-state index contributed by atoms with van der Waals surface area (Å²) >= 11 is 7.74. The molecule has 1 unspecified atom stereocenters. The number of anilines is 1. The van der Waals surface area contributed by atoms with E-state index in [1.165, 1.54) is 0 Å². The summed E-state index contributed by atoms with van der Waals surface area (Å²) in [6.07, 6.45) is 0.506. The van der Waals surface area contributed by atoms with Gasteiger partial charge in [-0.05, 0) is 86.3 Å². The number of halogens is 3. The fourth-order valence-corrected chi connectivity index (χ4v) is 6.03. The smallest absolute Gasteiger partial charge is 0.316 e. The minimum Gasteiger partial charge on any atom is -0.480 e. The van der Waals surface area contributed by atoms with E-state index in [9.17, 15) is 9.59 Å². The number of amides is 1. The average Bonchev–Trinajstić information content (AvgIpc) is 2.34. The summed E-state index contributed by atoms with van der Waals surface area (Å²) < 4.78 is 3.06. The van der Waals surface area contributed by atoms with Crippen molar-refractivity contribution < 1.29 is 14.7 Å². The van der Waals surface area contributed by atoms with Crippen LogP contribution in [-0.2, 0) is 9.59 Å². The number of carboxylic acid groups (broad SMARTS) is 1. The Balaban J connectivity index is 2.66. The van der Waals surface area contributed by atoms with Gasteiger partial charge in [0.1, 0.15) is 5.25 Å². The molecule has 8 heteroatoms. The quantitative estimate of drug-likeness (QED) is 0.466. The number of aliphatic carboxylic acids is 1. The van der Waals surface area contributed by atoms with Crippen LogP contribution in [-0.4, -0.2) is 28.0 Å². The summed E-state index contributed by atoms with van der Waals surface area (Å²) in [6, 6.07) is 3.97. The summed E-state index contributed by atoms with van der Waals surface area (Å²) in [7, 11) is 0. The van der Waals surface area contributed by atoms with Crippen molar-refractivity contribution in [1.29, 1.82) is 0 Å². The van der Waals surface area contributed by atoms with Gasteiger partial charge in [-0.15, -0.1) is 11.8 Å². The van der Waals surface area contributed by atoms with Crippen molar-refractivity contribution in [3.63, 3.8) is 0 Å². The van der Waals surface area contributed by atoms with E-state index in [1.807, 2.05) is 12.1 Å². The molecule has 0 aliphatic carbocycles. The van der Waals surface area contributed by atoms with Gasteiger partial charge in [-0.2, -0.15) is 0 Å². The zero-order valence-corrected chi connectivity index (χ0v) is 17.7. The van der Waals surface area contributed by atoms with E-state index in [-0.39, 0.29) is 11.7 Å². The Morgan fingerprint density at radius 1 is 1.30 bits per heavy atom. The first-order chi connectivity index (χ1) is 9.35. The summed E-state index contributed by atoms with van der Waals surface area (Å²) in [6.45, 7) is 1.80. The standard InChI is InChI=1S/C12H12I3NO3S/c1-2-9(12(18)19)20-5-10(17)16-11-7(14)3-6(13)4-8(11)15/h3-4,9H,2,5H2,1H3,(H,16,17)(H,18,19). The van der Waals surface area contributed by atoms with Crippen molar-refractivity contribution in [2.45, 2.75) is 18.6 Å². The molecule has 0 aliphatic rings. The van der Waals surface area contributed by atoms with Crippen LogP contribution in [0.5, 0.6) is 0 Å². The van der Waals surface area contributed by atoms with Crippen LogP contribution < -0.4 is 5.32 Å². The third-order valence-corrected chi connectivity index (χ3v) is 6.02. The second-order valence-corrected chi connectivity index (χ2v) is 8.60. The van der Waals surface area contributed by atoms with E-state index in [2.05, 4.69) is 73.1 Å². The predicted octanol–water partition coefficient (Wildman–Crippen LogP) is 4.04. The normalized spacial score (nSPS) is 12.0. The third kappa shape index (κ3) is 5.83. The maximum Gasteiger partial charge on any atom is 0.316 e. The van der Waals surface area contributed by atoms with Gasteiger partial charge in [-0.25, -0.2) is 0 Å². The maximum atomic E-state index is 11.9. The molecule has 1 aromatic rings. The van der Waals surface area contributed by atoms with Crippen LogP contribution in [0.25, 0.3) is 0 Å². The predicted molar refractivity (Wildman–Crippen MR) is 107 cm³/mol. The molecular formula is C12H12I3NO3S. The van der Waals surface area contributed by atoms with E-state index in [1.54, 1.807) is 6.92 Å². The summed E-state index contributed by atoms with van der Waals surface area (Å²) in [5.41, 5.74) is 0.792. The topological polar surface area (TPSA) is 66.4 Å². The first kappa shape index (κ1) is 18.7. The Kier molecular flexibility index (Phi) is 8.42. The fourth-order valence-electron chi connectivity index (χ4n) is 1.38. The maximum absolute atomic E-state index is 11.9. The molecule has 110 valence electrons. The van der Waals surface area contributed by atoms with Crippen molar-refractivity contribution in [2.75, 3.05) is 11.1 Å². The van der Waals surface area contributed by atoms with Gasteiger partial charge in [0.15, 0.2) is 0 Å². The van der Waals surface area contributed by atoms with Crippen molar-refractivity contribution in [3.05, 3.63) is 22.8 Å². The summed E-state index contributed by atoms with van der Waals surface area (Å²) in [5.74, 6) is -0.904. The van der Waals surface area contributed by atoms with Crippen molar-refractivity contribution in [1.82, 2.24) is 0 Å². The number of thioether (sulfide) groups is 1. The molecule has 0 radical (unpaired) electrons. The highest BCUT2D eigenvalue weighted by Crippen LogP contribution is 2.27. The second kappa shape index (κ2) is 8.98. The number of carboxylic acids is 1. The number of rotatable bonds is 6. The fraction of sp³-hybridized carbons (Fsp3) is 0.333. The lowest BCUT2D eigenvalue weighted by Gasteiger charge is -2.12. The first-order valence-electron chi connectivity index (χ1n) is 5.64. The van der Waals surface area contributed by atoms with Gasteiger partial charge in [0.2, 0.25) is 5.91 Å². The van der Waals surface area contributed by atoms with E-state index in [0.717, 1.165) is 28.2 Å². The van der Waals surface area contributed by atoms with E-state index in [4.69, 9.17) is 5.11 Å². The molecule has 0 fully saturated rings. The largest absolute Gasteiger partial charge is 0.480 e. The Labute approximate surface area is 162 Å². The van der Waals surface area contributed by atoms with Gasteiger partial charge in [0, 0.05) is 10.7 Å². The Morgan fingerprint density at radius 2 is 1.85 bits per heavy atom. The monoisotopic (exact) mass is 631 g/mol. The molecule has 2 N–H and O–H groups in total. The van der Waals surface area contributed by atoms with E-state index < -0.39 is 11.2 Å². The van der Waals surface area contributed by atoms with Gasteiger partial charge in [-0.1, -0.05) is 6.92 Å². The summed E-state index contributed by atoms with van der Waals surface area (Å²) in [4.78, 5) is 22.8. The minimum absolute atomic E-state index is 0.142. The van der Waals surface area contributed by atoms with Gasteiger partial charge >= 0.3 is 5.97 Å². The molecule has 0 heterocycles. The van der Waals surface area contributed by atoms with Crippen LogP contribution in [0, 0.1) is 10.7 Å². The highest BCUT2D eigenvalue weighted by atomic mass is 127. The zero-order valence-electron chi connectivity index (χ0n) is 10.5. The van der Waals surface area contributed by atoms with Gasteiger partial charge in [0.25, 0.3) is 0 Å². The SMILES string of the molecule is CCC(SCC(=O)Nc1c(I)cc(I)cc1I)C(=O)O. The molecule has 4 nitrogen and oxygen atoms in total. The summed E-state index contributed by atoms with van der Waals surface area (Å²) in [5, 5.41) is 11.3. The third-order valence-electron chi connectivity index (χ3n) is 2.33. The highest BCUT2D eigenvalue weighted by Gasteiger charge is 2.18. The van der Waals surface area contributed by atoms with Crippen molar-refractivity contribution >= 4 is 97.1 Å². The number of carbonyl (C=O) groups is 2. The molecule has 0 bridgehead atoms. The molecule has 1 aromatic carbocycles. The van der Waals surface area contributed by atoms with Gasteiger partial charge in [0.05, 0.1) is 11.4 Å². The van der Waals surface area contributed by atoms with Gasteiger partial charge < -0.3 is 10.4 Å². The number of benzene rings is 1. The Morgan fingerprint density at radius 3 is 2.30 bits per heavy atom. The average molecular weight is 631 g/mol. The molecular weight excluding hydrogens is 619 g/mol. The van der Waals surface area contributed by atoms with Crippen LogP contribution >= 0.6 is 79.5 Å². The first-order valence-corrected chi connectivity index (χ1v) is 9.92. The molecule has 0 aliphatic heterocycles. The van der Waals surface area contributed by atoms with Crippen LogP contribution in [0.4, 0.5) is 5.69 Å². The number of carbonyl (C=O) groups excluding carboxylic acids is 1. The van der Waals surface area contributed by atoms with Crippen LogP contribution in [0.15, 0.2) is 12.1 Å².